The third kappa shape index (κ3) is 1.80. The minimum Gasteiger partial charge on any atom is -0.506 e. The van der Waals surface area contributed by atoms with Crippen LogP contribution in [0.1, 0.15) is 5.56 Å². The van der Waals surface area contributed by atoms with Gasteiger partial charge in [0, 0.05) is 0 Å². The second-order valence-electron chi connectivity index (χ2n) is 4.42. The molecular formula is C16H12O3. The Labute approximate surface area is 109 Å². The third-order valence-electron chi connectivity index (χ3n) is 3.20. The Balaban J connectivity index is 2.43. The van der Waals surface area contributed by atoms with Crippen LogP contribution in [0.3, 0.4) is 0 Å². The van der Waals surface area contributed by atoms with Crippen molar-refractivity contribution < 1.29 is 9.52 Å². The molecule has 3 nitrogen and oxygen atoms in total. The Morgan fingerprint density at radius 1 is 1.00 bits per heavy atom. The summed E-state index contributed by atoms with van der Waals surface area (Å²) in [5, 5.41) is 10.9. The lowest BCUT2D eigenvalue weighted by atomic mass is 10.00. The second kappa shape index (κ2) is 4.28. The van der Waals surface area contributed by atoms with Crippen molar-refractivity contribution in [2.75, 3.05) is 0 Å². The minimum atomic E-state index is -0.523. The first-order valence-electron chi connectivity index (χ1n) is 5.99. The Kier molecular flexibility index (Phi) is 2.60. The molecule has 19 heavy (non-hydrogen) atoms. The third-order valence-corrected chi connectivity index (χ3v) is 3.20. The summed E-state index contributed by atoms with van der Waals surface area (Å²) in [5.74, 6) is -0.0267. The summed E-state index contributed by atoms with van der Waals surface area (Å²) in [6.07, 6.45) is 0. The van der Waals surface area contributed by atoms with Gasteiger partial charge in [-0.05, 0) is 30.2 Å². The molecule has 2 aromatic carbocycles. The van der Waals surface area contributed by atoms with Crippen LogP contribution in [-0.2, 0) is 0 Å². The predicted octanol–water partition coefficient (Wildman–Crippen LogP) is 3.47. The largest absolute Gasteiger partial charge is 0.506 e. The van der Waals surface area contributed by atoms with Crippen LogP contribution < -0.4 is 5.63 Å². The number of hydrogen-bond donors (Lipinski definition) is 1. The summed E-state index contributed by atoms with van der Waals surface area (Å²) in [7, 11) is 0. The van der Waals surface area contributed by atoms with Crippen molar-refractivity contribution in [1.82, 2.24) is 0 Å². The summed E-state index contributed by atoms with van der Waals surface area (Å²) in [4.78, 5) is 12.1. The minimum absolute atomic E-state index is 0.0267. The van der Waals surface area contributed by atoms with Crippen LogP contribution in [0.4, 0.5) is 0 Å². The van der Waals surface area contributed by atoms with Gasteiger partial charge in [-0.3, -0.25) is 0 Å². The zero-order valence-corrected chi connectivity index (χ0v) is 10.4. The molecule has 0 aliphatic rings. The van der Waals surface area contributed by atoms with Crippen molar-refractivity contribution in [3.63, 3.8) is 0 Å². The molecule has 0 aliphatic carbocycles. The molecule has 1 aromatic heterocycles. The number of aryl methyl sites for hydroxylation is 1. The molecule has 3 rings (SSSR count). The zero-order chi connectivity index (χ0) is 13.4. The summed E-state index contributed by atoms with van der Waals surface area (Å²) in [6.45, 7) is 1.89. The average Bonchev–Trinajstić information content (AvgIpc) is 2.41. The number of rotatable bonds is 1. The molecule has 0 aliphatic heterocycles. The molecule has 1 heterocycles. The second-order valence-corrected chi connectivity index (χ2v) is 4.42. The first kappa shape index (κ1) is 11.5. The van der Waals surface area contributed by atoms with E-state index in [1.165, 1.54) is 0 Å². The Morgan fingerprint density at radius 2 is 1.68 bits per heavy atom. The van der Waals surface area contributed by atoms with Crippen LogP contribution in [0.25, 0.3) is 22.1 Å². The average molecular weight is 252 g/mol. The van der Waals surface area contributed by atoms with E-state index in [4.69, 9.17) is 4.42 Å². The van der Waals surface area contributed by atoms with Gasteiger partial charge in [-0.1, -0.05) is 36.4 Å². The van der Waals surface area contributed by atoms with E-state index in [1.54, 1.807) is 30.3 Å². The Hall–Kier alpha value is -2.55. The summed E-state index contributed by atoms with van der Waals surface area (Å²) >= 11 is 0. The van der Waals surface area contributed by atoms with Crippen LogP contribution in [0, 0.1) is 6.92 Å². The monoisotopic (exact) mass is 252 g/mol. The SMILES string of the molecule is Cc1ccccc1-c1c(O)c2ccccc2oc1=O. The van der Waals surface area contributed by atoms with E-state index in [9.17, 15) is 9.90 Å². The Bertz CT molecular complexity index is 816. The van der Waals surface area contributed by atoms with Gasteiger partial charge in [0.2, 0.25) is 0 Å². The number of para-hydroxylation sites is 1. The molecule has 0 radical (unpaired) electrons. The summed E-state index contributed by atoms with van der Waals surface area (Å²) in [6, 6.07) is 14.4. The smallest absolute Gasteiger partial charge is 0.347 e. The molecule has 0 unspecified atom stereocenters. The van der Waals surface area contributed by atoms with E-state index in [-0.39, 0.29) is 11.3 Å². The number of hydrogen-bond acceptors (Lipinski definition) is 3. The van der Waals surface area contributed by atoms with Crippen molar-refractivity contribution in [1.29, 1.82) is 0 Å². The first-order chi connectivity index (χ1) is 9.18. The highest BCUT2D eigenvalue weighted by Crippen LogP contribution is 2.34. The molecule has 3 aromatic rings. The molecule has 0 amide bonds. The van der Waals surface area contributed by atoms with Gasteiger partial charge in [0.25, 0.3) is 0 Å². The fourth-order valence-electron chi connectivity index (χ4n) is 2.22. The van der Waals surface area contributed by atoms with E-state index in [0.29, 0.717) is 16.5 Å². The summed E-state index contributed by atoms with van der Waals surface area (Å²) in [5.41, 5.74) is 1.70. The van der Waals surface area contributed by atoms with Gasteiger partial charge in [0.1, 0.15) is 16.9 Å². The van der Waals surface area contributed by atoms with Crippen LogP contribution in [0.2, 0.25) is 0 Å². The lowest BCUT2D eigenvalue weighted by molar-refractivity contribution is 0.471. The number of fused-ring (bicyclic) bond motifs is 1. The molecule has 0 fully saturated rings. The van der Waals surface area contributed by atoms with Crippen LogP contribution in [0.5, 0.6) is 5.75 Å². The highest BCUT2D eigenvalue weighted by molar-refractivity contribution is 5.90. The van der Waals surface area contributed by atoms with E-state index in [0.717, 1.165) is 5.56 Å². The van der Waals surface area contributed by atoms with Crippen LogP contribution in [-0.4, -0.2) is 5.11 Å². The fourth-order valence-corrected chi connectivity index (χ4v) is 2.22. The van der Waals surface area contributed by atoms with E-state index in [2.05, 4.69) is 0 Å². The van der Waals surface area contributed by atoms with Gasteiger partial charge >= 0.3 is 5.63 Å². The highest BCUT2D eigenvalue weighted by Gasteiger charge is 2.16. The van der Waals surface area contributed by atoms with Crippen molar-refractivity contribution in [2.24, 2.45) is 0 Å². The van der Waals surface area contributed by atoms with E-state index < -0.39 is 5.63 Å². The molecule has 3 heteroatoms. The predicted molar refractivity (Wildman–Crippen MR) is 74.3 cm³/mol. The van der Waals surface area contributed by atoms with Gasteiger partial charge in [0.05, 0.1) is 5.39 Å². The maximum atomic E-state index is 12.1. The topological polar surface area (TPSA) is 50.4 Å². The molecule has 94 valence electrons. The maximum Gasteiger partial charge on any atom is 0.347 e. The van der Waals surface area contributed by atoms with Crippen molar-refractivity contribution in [3.05, 3.63) is 64.5 Å². The van der Waals surface area contributed by atoms with Crippen molar-refractivity contribution in [2.45, 2.75) is 6.92 Å². The lowest BCUT2D eigenvalue weighted by Gasteiger charge is -2.08. The number of benzene rings is 2. The van der Waals surface area contributed by atoms with Gasteiger partial charge in [0.15, 0.2) is 0 Å². The fraction of sp³-hybridized carbons (Fsp3) is 0.0625. The molecule has 0 bridgehead atoms. The quantitative estimate of drug-likeness (QED) is 0.674. The molecule has 0 saturated heterocycles. The first-order valence-corrected chi connectivity index (χ1v) is 5.99. The van der Waals surface area contributed by atoms with Crippen molar-refractivity contribution >= 4 is 11.0 Å². The molecule has 0 spiro atoms. The standard InChI is InChI=1S/C16H12O3/c1-10-6-2-3-7-11(10)14-15(17)12-8-4-5-9-13(12)19-16(14)18/h2-9,17H,1H3. The van der Waals surface area contributed by atoms with Gasteiger partial charge < -0.3 is 9.52 Å². The number of aromatic hydroxyl groups is 1. The lowest BCUT2D eigenvalue weighted by Crippen LogP contribution is -2.04. The maximum absolute atomic E-state index is 12.1. The van der Waals surface area contributed by atoms with Gasteiger partial charge in [-0.25, -0.2) is 4.79 Å². The van der Waals surface area contributed by atoms with Crippen molar-refractivity contribution in [3.8, 4) is 16.9 Å². The van der Waals surface area contributed by atoms with Crippen LogP contribution >= 0.6 is 0 Å². The Morgan fingerprint density at radius 3 is 2.47 bits per heavy atom. The van der Waals surface area contributed by atoms with Gasteiger partial charge in [-0.2, -0.15) is 0 Å². The molecule has 0 atom stereocenters. The van der Waals surface area contributed by atoms with Gasteiger partial charge in [-0.15, -0.1) is 0 Å². The van der Waals surface area contributed by atoms with E-state index in [1.807, 2.05) is 25.1 Å². The van der Waals surface area contributed by atoms with E-state index >= 15 is 0 Å². The summed E-state index contributed by atoms with van der Waals surface area (Å²) < 4.78 is 5.27. The molecule has 1 N–H and O–H groups in total. The van der Waals surface area contributed by atoms with Crippen LogP contribution in [0.15, 0.2) is 57.7 Å². The highest BCUT2D eigenvalue weighted by atomic mass is 16.4. The normalized spacial score (nSPS) is 10.8. The molecule has 0 saturated carbocycles. The molecular weight excluding hydrogens is 240 g/mol. The zero-order valence-electron chi connectivity index (χ0n) is 10.4.